The highest BCUT2D eigenvalue weighted by Crippen LogP contribution is 2.23. The normalized spacial score (nSPS) is 10.8. The second-order valence-electron chi connectivity index (χ2n) is 7.09. The van der Waals surface area contributed by atoms with E-state index in [1.165, 1.54) is 11.3 Å². The fraction of sp³-hybridized carbons (Fsp3) is 0.217. The molecule has 0 aliphatic heterocycles. The van der Waals surface area contributed by atoms with Crippen LogP contribution in [0, 0.1) is 6.92 Å². The summed E-state index contributed by atoms with van der Waals surface area (Å²) in [5.41, 5.74) is 3.55. The van der Waals surface area contributed by atoms with Gasteiger partial charge in [0.25, 0.3) is 0 Å². The van der Waals surface area contributed by atoms with Gasteiger partial charge in [-0.05, 0) is 43.7 Å². The van der Waals surface area contributed by atoms with E-state index in [1.807, 2.05) is 43.5 Å². The zero-order chi connectivity index (χ0) is 22.5. The molecule has 2 amide bonds. The maximum atomic E-state index is 12.2. The maximum Gasteiger partial charge on any atom is 0.313 e. The topological polar surface area (TPSA) is 97.6 Å². The highest BCUT2D eigenvalue weighted by Gasteiger charge is 2.15. The summed E-state index contributed by atoms with van der Waals surface area (Å²) in [5.74, 6) is -0.0255. The van der Waals surface area contributed by atoms with Crippen LogP contribution >= 0.6 is 11.3 Å². The fourth-order valence-corrected chi connectivity index (χ4v) is 4.06. The van der Waals surface area contributed by atoms with E-state index in [2.05, 4.69) is 20.7 Å². The van der Waals surface area contributed by atoms with Crippen LogP contribution in [-0.2, 0) is 16.0 Å². The zero-order valence-electron chi connectivity index (χ0n) is 17.8. The van der Waals surface area contributed by atoms with Crippen LogP contribution in [0.25, 0.3) is 16.3 Å². The Balaban J connectivity index is 1.33. The summed E-state index contributed by atoms with van der Waals surface area (Å²) < 4.78 is 7.15. The molecule has 0 fully saturated rings. The number of nitrogens with one attached hydrogen (secondary N) is 2. The molecule has 0 radical (unpaired) electrons. The Morgan fingerprint density at radius 3 is 2.62 bits per heavy atom. The number of anilines is 1. The van der Waals surface area contributed by atoms with E-state index >= 15 is 0 Å². The average Bonchev–Trinajstić information content (AvgIpc) is 3.37. The second kappa shape index (κ2) is 9.61. The molecule has 2 N–H and O–H groups in total. The van der Waals surface area contributed by atoms with Gasteiger partial charge in [0.15, 0.2) is 5.82 Å². The van der Waals surface area contributed by atoms with Gasteiger partial charge in [-0.1, -0.05) is 24.3 Å². The zero-order valence-corrected chi connectivity index (χ0v) is 18.6. The maximum absolute atomic E-state index is 12.2. The summed E-state index contributed by atoms with van der Waals surface area (Å²) in [6.07, 6.45) is 0.526. The van der Waals surface area contributed by atoms with Crippen molar-refractivity contribution >= 4 is 33.8 Å². The number of rotatable bonds is 7. The van der Waals surface area contributed by atoms with E-state index in [9.17, 15) is 9.59 Å². The molecule has 2 aromatic carbocycles. The van der Waals surface area contributed by atoms with Crippen LogP contribution in [0.1, 0.15) is 18.2 Å². The number of hydrogen-bond donors (Lipinski definition) is 2. The number of aryl methyl sites for hydroxylation is 1. The largest absolute Gasteiger partial charge is 0.494 e. The van der Waals surface area contributed by atoms with Gasteiger partial charge < -0.3 is 15.4 Å². The van der Waals surface area contributed by atoms with Crippen molar-refractivity contribution in [2.24, 2.45) is 0 Å². The molecule has 4 rings (SSSR count). The number of fused-ring (bicyclic) bond motifs is 1. The first-order valence-corrected chi connectivity index (χ1v) is 11.1. The molecule has 164 valence electrons. The number of carbonyl (C=O) groups is 2. The molecule has 0 saturated carbocycles. The molecule has 0 bridgehead atoms. The van der Waals surface area contributed by atoms with Crippen molar-refractivity contribution in [3.05, 3.63) is 65.2 Å². The predicted octanol–water partition coefficient (Wildman–Crippen LogP) is 3.46. The average molecular weight is 450 g/mol. The quantitative estimate of drug-likeness (QED) is 0.421. The Morgan fingerprint density at radius 2 is 1.88 bits per heavy atom. The van der Waals surface area contributed by atoms with Crippen molar-refractivity contribution in [3.63, 3.8) is 0 Å². The first-order valence-electron chi connectivity index (χ1n) is 10.3. The molecule has 0 aliphatic rings. The summed E-state index contributed by atoms with van der Waals surface area (Å²) in [7, 11) is 0. The summed E-state index contributed by atoms with van der Waals surface area (Å²) in [6.45, 7) is 4.79. The first kappa shape index (κ1) is 21.5. The molecule has 0 saturated heterocycles. The summed E-state index contributed by atoms with van der Waals surface area (Å²) in [6, 6.07) is 14.8. The van der Waals surface area contributed by atoms with E-state index in [4.69, 9.17) is 4.74 Å². The fourth-order valence-electron chi connectivity index (χ4n) is 3.21. The Morgan fingerprint density at radius 1 is 1.09 bits per heavy atom. The lowest BCUT2D eigenvalue weighted by molar-refractivity contribution is -0.136. The number of benzene rings is 2. The first-order chi connectivity index (χ1) is 15.5. The lowest BCUT2D eigenvalue weighted by Crippen LogP contribution is -2.36. The number of aromatic nitrogens is 3. The van der Waals surface area contributed by atoms with Gasteiger partial charge in [-0.15, -0.1) is 16.4 Å². The van der Waals surface area contributed by atoms with Gasteiger partial charge in [0.05, 0.1) is 12.3 Å². The Kier molecular flexibility index (Phi) is 6.46. The summed E-state index contributed by atoms with van der Waals surface area (Å²) in [4.78, 5) is 29.7. The number of amides is 2. The minimum atomic E-state index is -0.716. The third-order valence-corrected chi connectivity index (χ3v) is 5.70. The van der Waals surface area contributed by atoms with E-state index in [1.54, 1.807) is 28.8 Å². The number of nitrogens with zero attached hydrogens (tertiary/aromatic N) is 3. The molecule has 8 nitrogen and oxygen atoms in total. The molecule has 0 aliphatic carbocycles. The van der Waals surface area contributed by atoms with Gasteiger partial charge >= 0.3 is 11.8 Å². The minimum absolute atomic E-state index is 0.306. The van der Waals surface area contributed by atoms with Crippen LogP contribution in [-0.4, -0.2) is 39.6 Å². The van der Waals surface area contributed by atoms with Crippen LogP contribution in [0.5, 0.6) is 5.75 Å². The Hall–Kier alpha value is -3.72. The molecule has 0 unspecified atom stereocenters. The lowest BCUT2D eigenvalue weighted by atomic mass is 10.1. The molecule has 9 heteroatoms. The van der Waals surface area contributed by atoms with Crippen molar-refractivity contribution in [2.75, 3.05) is 18.5 Å². The number of ether oxygens (including phenoxy) is 1. The predicted molar refractivity (Wildman–Crippen MR) is 124 cm³/mol. The van der Waals surface area contributed by atoms with Gasteiger partial charge in [-0.3, -0.25) is 9.59 Å². The summed E-state index contributed by atoms with van der Waals surface area (Å²) >= 11 is 1.49. The molecule has 2 aromatic heterocycles. The van der Waals surface area contributed by atoms with E-state index < -0.39 is 11.8 Å². The van der Waals surface area contributed by atoms with Crippen molar-refractivity contribution in [1.82, 2.24) is 19.9 Å². The van der Waals surface area contributed by atoms with Crippen molar-refractivity contribution in [3.8, 4) is 17.1 Å². The van der Waals surface area contributed by atoms with E-state index in [0.717, 1.165) is 21.8 Å². The number of thiazole rings is 1. The van der Waals surface area contributed by atoms with Crippen LogP contribution in [0.2, 0.25) is 0 Å². The molecular weight excluding hydrogens is 426 g/mol. The van der Waals surface area contributed by atoms with E-state index in [-0.39, 0.29) is 0 Å². The van der Waals surface area contributed by atoms with Crippen LogP contribution < -0.4 is 15.4 Å². The lowest BCUT2D eigenvalue weighted by Gasteiger charge is -2.07. The molecule has 32 heavy (non-hydrogen) atoms. The van der Waals surface area contributed by atoms with Crippen LogP contribution in [0.15, 0.2) is 53.9 Å². The molecule has 2 heterocycles. The van der Waals surface area contributed by atoms with Crippen LogP contribution in [0.4, 0.5) is 5.69 Å². The van der Waals surface area contributed by atoms with Gasteiger partial charge in [0.2, 0.25) is 4.96 Å². The van der Waals surface area contributed by atoms with Crippen molar-refractivity contribution < 1.29 is 14.3 Å². The Bertz CT molecular complexity index is 1250. The number of hydrogen-bond acceptors (Lipinski definition) is 6. The number of carbonyl (C=O) groups excluding carboxylic acids is 2. The van der Waals surface area contributed by atoms with Crippen molar-refractivity contribution in [2.45, 2.75) is 20.3 Å². The van der Waals surface area contributed by atoms with Crippen LogP contribution in [0.3, 0.4) is 0 Å². The third kappa shape index (κ3) is 4.78. The highest BCUT2D eigenvalue weighted by atomic mass is 32.1. The van der Waals surface area contributed by atoms with Gasteiger partial charge in [0.1, 0.15) is 5.75 Å². The molecule has 4 aromatic rings. The SMILES string of the molecule is CCOc1ccc(NC(=O)C(=O)NCCc2csc3nc(-c4ccccc4C)nn23)cc1. The third-order valence-electron chi connectivity index (χ3n) is 4.83. The Labute approximate surface area is 189 Å². The molecular formula is C23H23N5O3S. The minimum Gasteiger partial charge on any atom is -0.494 e. The molecule has 0 atom stereocenters. The monoisotopic (exact) mass is 449 g/mol. The van der Waals surface area contributed by atoms with Crippen molar-refractivity contribution in [1.29, 1.82) is 0 Å². The summed E-state index contributed by atoms with van der Waals surface area (Å²) in [5, 5.41) is 11.8. The second-order valence-corrected chi connectivity index (χ2v) is 7.93. The standard InChI is InChI=1S/C23H23N5O3S/c1-3-31-18-10-8-16(9-11-18)25-22(30)21(29)24-13-12-17-14-32-23-26-20(27-28(17)23)19-7-5-4-6-15(19)2/h4-11,14H,3,12-13H2,1-2H3,(H,24,29)(H,25,30). The van der Waals surface area contributed by atoms with Gasteiger partial charge in [-0.2, -0.15) is 4.98 Å². The van der Waals surface area contributed by atoms with E-state index in [0.29, 0.717) is 36.8 Å². The smallest absolute Gasteiger partial charge is 0.313 e. The van der Waals surface area contributed by atoms with Gasteiger partial charge in [-0.25, -0.2) is 4.52 Å². The van der Waals surface area contributed by atoms with Gasteiger partial charge in [0, 0.05) is 29.6 Å². The highest BCUT2D eigenvalue weighted by molar-refractivity contribution is 7.15. The molecule has 0 spiro atoms.